The van der Waals surface area contributed by atoms with Crippen LogP contribution >= 0.6 is 0 Å². The van der Waals surface area contributed by atoms with Gasteiger partial charge in [0.2, 0.25) is 0 Å². The van der Waals surface area contributed by atoms with Gasteiger partial charge in [-0.1, -0.05) is 51.1 Å². The molecule has 0 radical (unpaired) electrons. The number of ketones is 1. The van der Waals surface area contributed by atoms with Crippen molar-refractivity contribution >= 4 is 17.6 Å². The fourth-order valence-corrected chi connectivity index (χ4v) is 6.62. The van der Waals surface area contributed by atoms with Gasteiger partial charge in [-0.15, -0.1) is 0 Å². The molecule has 1 N–H and O–H groups in total. The van der Waals surface area contributed by atoms with Gasteiger partial charge in [-0.2, -0.15) is 5.26 Å². The van der Waals surface area contributed by atoms with Gasteiger partial charge in [0, 0.05) is 41.8 Å². The molecule has 2 aliphatic rings. The smallest absolute Gasteiger partial charge is 0.252 e. The summed E-state index contributed by atoms with van der Waals surface area (Å²) < 4.78 is 30.6. The van der Waals surface area contributed by atoms with Crippen LogP contribution in [-0.4, -0.2) is 22.4 Å². The highest BCUT2D eigenvalue weighted by Gasteiger charge is 2.72. The van der Waals surface area contributed by atoms with E-state index in [0.29, 0.717) is 11.3 Å². The van der Waals surface area contributed by atoms with Gasteiger partial charge >= 0.3 is 0 Å². The zero-order valence-corrected chi connectivity index (χ0v) is 20.8. The minimum absolute atomic E-state index is 0.0354. The molecular formula is C29H31F2N3O. The first-order valence-corrected chi connectivity index (χ1v) is 12.0. The number of pyridine rings is 1. The van der Waals surface area contributed by atoms with Crippen LogP contribution in [0.15, 0.2) is 42.6 Å². The number of halogens is 2. The molecule has 1 heterocycles. The summed E-state index contributed by atoms with van der Waals surface area (Å²) in [7, 11) is 0. The molecule has 2 saturated carbocycles. The lowest BCUT2D eigenvalue weighted by atomic mass is 9.47. The highest BCUT2D eigenvalue weighted by Crippen LogP contribution is 2.68. The van der Waals surface area contributed by atoms with E-state index < -0.39 is 35.0 Å². The van der Waals surface area contributed by atoms with E-state index in [4.69, 9.17) is 5.41 Å². The predicted octanol–water partition coefficient (Wildman–Crippen LogP) is 6.87. The second-order valence-corrected chi connectivity index (χ2v) is 10.5. The lowest BCUT2D eigenvalue weighted by molar-refractivity contribution is -0.178. The molecule has 2 fully saturated rings. The molecule has 4 rings (SSSR count). The van der Waals surface area contributed by atoms with E-state index in [9.17, 15) is 10.1 Å². The van der Waals surface area contributed by atoms with Crippen molar-refractivity contribution in [2.24, 2.45) is 28.6 Å². The zero-order chi connectivity index (χ0) is 25.8. The molecule has 6 heteroatoms. The molecule has 5 atom stereocenters. The number of carbonyl (C=O) groups is 1. The molecule has 182 valence electrons. The summed E-state index contributed by atoms with van der Waals surface area (Å²) in [6, 6.07) is 11.6. The first-order chi connectivity index (χ1) is 16.4. The third-order valence-corrected chi connectivity index (χ3v) is 8.91. The predicted molar refractivity (Wildman–Crippen MR) is 133 cm³/mol. The maximum atomic E-state index is 15.3. The Balaban J connectivity index is 1.72. The SMILES string of the molecule is CC(=N)C12CC(F)(F)C(C)[C@H](/C=C/c3ccc(-c4cccc(C)c4C#N)cn3)C1(C)C(C)CC2=O. The third kappa shape index (κ3) is 3.55. The lowest BCUT2D eigenvalue weighted by Gasteiger charge is -2.57. The summed E-state index contributed by atoms with van der Waals surface area (Å²) in [5.41, 5.74) is 1.51. The molecule has 2 aromatic rings. The largest absolute Gasteiger partial charge is 0.309 e. The quantitative estimate of drug-likeness (QED) is 0.490. The lowest BCUT2D eigenvalue weighted by Crippen LogP contribution is -2.61. The fourth-order valence-electron chi connectivity index (χ4n) is 6.62. The molecule has 2 aliphatic carbocycles. The van der Waals surface area contributed by atoms with Crippen LogP contribution in [0.4, 0.5) is 8.78 Å². The number of Topliss-reactive ketones (excluding diaryl/α,β-unsaturated/α-hetero) is 1. The van der Waals surface area contributed by atoms with E-state index in [-0.39, 0.29) is 23.8 Å². The van der Waals surface area contributed by atoms with Crippen LogP contribution in [0.1, 0.15) is 57.4 Å². The number of fused-ring (bicyclic) bond motifs is 1. The van der Waals surface area contributed by atoms with Crippen LogP contribution in [0.5, 0.6) is 0 Å². The van der Waals surface area contributed by atoms with E-state index in [1.54, 1.807) is 25.3 Å². The fraction of sp³-hybridized carbons (Fsp3) is 0.448. The summed E-state index contributed by atoms with van der Waals surface area (Å²) in [6.07, 6.45) is 4.83. The Morgan fingerprint density at radius 1 is 1.26 bits per heavy atom. The van der Waals surface area contributed by atoms with Crippen LogP contribution < -0.4 is 0 Å². The van der Waals surface area contributed by atoms with Gasteiger partial charge in [0.1, 0.15) is 11.9 Å². The number of carbonyl (C=O) groups excluding carboxylic acids is 1. The summed E-state index contributed by atoms with van der Waals surface area (Å²) in [4.78, 5) is 17.6. The molecule has 0 saturated heterocycles. The topological polar surface area (TPSA) is 77.6 Å². The number of benzene rings is 1. The number of hydrogen-bond donors (Lipinski definition) is 1. The first-order valence-electron chi connectivity index (χ1n) is 12.0. The summed E-state index contributed by atoms with van der Waals surface area (Å²) in [5.74, 6) is -5.00. The Hall–Kier alpha value is -3.20. The normalized spacial score (nSPS) is 31.8. The molecule has 0 amide bonds. The van der Waals surface area contributed by atoms with Gasteiger partial charge in [-0.3, -0.25) is 9.78 Å². The zero-order valence-electron chi connectivity index (χ0n) is 20.8. The Morgan fingerprint density at radius 2 is 1.97 bits per heavy atom. The van der Waals surface area contributed by atoms with Crippen molar-refractivity contribution in [3.05, 3.63) is 59.4 Å². The van der Waals surface area contributed by atoms with E-state index in [2.05, 4.69) is 11.1 Å². The van der Waals surface area contributed by atoms with Crippen molar-refractivity contribution in [1.29, 1.82) is 10.7 Å². The van der Waals surface area contributed by atoms with Crippen LogP contribution in [0, 0.1) is 52.2 Å². The number of nitriles is 1. The van der Waals surface area contributed by atoms with Crippen molar-refractivity contribution in [1.82, 2.24) is 4.98 Å². The highest BCUT2D eigenvalue weighted by molar-refractivity contribution is 6.10. The van der Waals surface area contributed by atoms with Crippen molar-refractivity contribution in [2.75, 3.05) is 0 Å². The van der Waals surface area contributed by atoms with Gasteiger partial charge in [-0.25, -0.2) is 8.78 Å². The second kappa shape index (κ2) is 8.48. The minimum Gasteiger partial charge on any atom is -0.309 e. The number of rotatable bonds is 4. The maximum Gasteiger partial charge on any atom is 0.252 e. The van der Waals surface area contributed by atoms with Gasteiger partial charge < -0.3 is 5.41 Å². The standard InChI is InChI=1S/C29H31F2N3O/c1-17-7-6-8-23(24(17)14-32)21-9-10-22(34-15-21)11-12-25-19(3)29(30,31)16-28(20(4)33)26(35)13-18(2)27(25,28)5/h6-12,15,18-19,25,33H,13,16H2,1-5H3/b12-11+,33-20?/t18?,19?,25-,27?,28?/m0/s1. The molecule has 0 spiro atoms. The molecule has 0 bridgehead atoms. The van der Waals surface area contributed by atoms with E-state index in [1.165, 1.54) is 6.92 Å². The van der Waals surface area contributed by atoms with Crippen molar-refractivity contribution in [3.8, 4) is 17.2 Å². The average molecular weight is 476 g/mol. The number of aromatic nitrogens is 1. The summed E-state index contributed by atoms with van der Waals surface area (Å²) in [5, 5.41) is 17.9. The Kier molecular flexibility index (Phi) is 6.03. The summed E-state index contributed by atoms with van der Waals surface area (Å²) >= 11 is 0. The van der Waals surface area contributed by atoms with Crippen LogP contribution in [0.25, 0.3) is 17.2 Å². The van der Waals surface area contributed by atoms with Gasteiger partial charge in [-0.05, 0) is 48.8 Å². The summed E-state index contributed by atoms with van der Waals surface area (Å²) in [6.45, 7) is 8.80. The third-order valence-electron chi connectivity index (χ3n) is 8.91. The maximum absolute atomic E-state index is 15.3. The second-order valence-electron chi connectivity index (χ2n) is 10.5. The molecular weight excluding hydrogens is 444 g/mol. The Labute approximate surface area is 205 Å². The number of nitrogens with one attached hydrogen (secondary N) is 1. The molecule has 1 aromatic heterocycles. The Morgan fingerprint density at radius 3 is 2.57 bits per heavy atom. The number of nitrogens with zero attached hydrogens (tertiary/aromatic N) is 2. The van der Waals surface area contributed by atoms with E-state index in [1.807, 2.05) is 51.1 Å². The molecule has 35 heavy (non-hydrogen) atoms. The molecule has 0 aliphatic heterocycles. The van der Waals surface area contributed by atoms with Gasteiger partial charge in [0.25, 0.3) is 5.92 Å². The average Bonchev–Trinajstić information content (AvgIpc) is 3.00. The molecule has 4 nitrogen and oxygen atoms in total. The van der Waals surface area contributed by atoms with Crippen LogP contribution in [0.3, 0.4) is 0 Å². The van der Waals surface area contributed by atoms with Crippen LogP contribution in [0.2, 0.25) is 0 Å². The monoisotopic (exact) mass is 475 g/mol. The minimum atomic E-state index is -3.06. The number of alkyl halides is 2. The van der Waals surface area contributed by atoms with Crippen molar-refractivity contribution in [3.63, 3.8) is 0 Å². The number of aryl methyl sites for hydroxylation is 1. The van der Waals surface area contributed by atoms with E-state index >= 15 is 8.78 Å². The van der Waals surface area contributed by atoms with E-state index in [0.717, 1.165) is 16.7 Å². The number of allylic oxidation sites excluding steroid dienone is 1. The van der Waals surface area contributed by atoms with Crippen LogP contribution in [-0.2, 0) is 4.79 Å². The Bertz CT molecular complexity index is 1260. The number of hydrogen-bond acceptors (Lipinski definition) is 4. The first kappa shape index (κ1) is 24.9. The molecule has 1 aromatic carbocycles. The van der Waals surface area contributed by atoms with Crippen molar-refractivity contribution in [2.45, 2.75) is 53.4 Å². The van der Waals surface area contributed by atoms with Crippen molar-refractivity contribution < 1.29 is 13.6 Å². The molecule has 4 unspecified atom stereocenters. The van der Waals surface area contributed by atoms with Gasteiger partial charge in [0.15, 0.2) is 0 Å². The highest BCUT2D eigenvalue weighted by atomic mass is 19.3. The van der Waals surface area contributed by atoms with Gasteiger partial charge in [0.05, 0.1) is 16.7 Å².